The van der Waals surface area contributed by atoms with Crippen LogP contribution >= 0.6 is 10.9 Å². The minimum atomic E-state index is 0.144. The van der Waals surface area contributed by atoms with Gasteiger partial charge in [-0.1, -0.05) is 44.2 Å². The average Bonchev–Trinajstić information content (AvgIpc) is 2.62. The molecule has 1 aliphatic heterocycles. The number of fused-ring (bicyclic) bond motifs is 3. The van der Waals surface area contributed by atoms with Crippen molar-refractivity contribution in [2.24, 2.45) is 5.41 Å². The summed E-state index contributed by atoms with van der Waals surface area (Å²) in [5.74, 6) is 0. The highest BCUT2D eigenvalue weighted by molar-refractivity contribution is 7.90. The van der Waals surface area contributed by atoms with Crippen molar-refractivity contribution >= 4 is 34.5 Å². The summed E-state index contributed by atoms with van der Waals surface area (Å²) in [6, 6.07) is 4.46. The number of rotatable bonds is 0. The standard InChI is InChI=1S/C15H14S/c1-15(2)8-3-4-12-11(10-15)5-6-14-13(12)7-9-16-14/h3-10H,1-2H3. The van der Waals surface area contributed by atoms with Crippen molar-refractivity contribution in [3.05, 3.63) is 44.5 Å². The lowest BCUT2D eigenvalue weighted by atomic mass is 9.92. The molecule has 0 fully saturated rings. The Hall–Kier alpha value is -1.34. The predicted molar refractivity (Wildman–Crippen MR) is 74.1 cm³/mol. The summed E-state index contributed by atoms with van der Waals surface area (Å²) in [5, 5.41) is 6.25. The summed E-state index contributed by atoms with van der Waals surface area (Å²) >= 11 is 0. The zero-order chi connectivity index (χ0) is 11.2. The molecule has 0 amide bonds. The van der Waals surface area contributed by atoms with Crippen LogP contribution in [0.1, 0.15) is 13.8 Å². The molecule has 1 heterocycles. The molecular formula is C15H14S. The molecule has 2 aliphatic rings. The Bertz CT molecular complexity index is 755. The molecule has 3 rings (SSSR count). The zero-order valence-corrected chi connectivity index (χ0v) is 10.3. The van der Waals surface area contributed by atoms with E-state index in [2.05, 4.69) is 61.7 Å². The maximum Gasteiger partial charge on any atom is 0.0349 e. The van der Waals surface area contributed by atoms with Crippen molar-refractivity contribution in [1.29, 1.82) is 0 Å². The van der Waals surface area contributed by atoms with Crippen LogP contribution < -0.4 is 15.7 Å². The highest BCUT2D eigenvalue weighted by Crippen LogP contribution is 2.19. The van der Waals surface area contributed by atoms with Crippen LogP contribution in [-0.4, -0.2) is 5.37 Å². The summed E-state index contributed by atoms with van der Waals surface area (Å²) in [6.07, 6.45) is 11.2. The average molecular weight is 226 g/mol. The van der Waals surface area contributed by atoms with Gasteiger partial charge in [0, 0.05) is 15.1 Å². The molecule has 80 valence electrons. The molecular weight excluding hydrogens is 212 g/mol. The van der Waals surface area contributed by atoms with E-state index >= 15 is 0 Å². The second-order valence-electron chi connectivity index (χ2n) is 4.89. The molecule has 0 N–H and O–H groups in total. The lowest BCUT2D eigenvalue weighted by Crippen LogP contribution is -2.39. The first-order valence-corrected chi connectivity index (χ1v) is 6.42. The molecule has 1 aromatic rings. The lowest BCUT2D eigenvalue weighted by Gasteiger charge is -2.12. The van der Waals surface area contributed by atoms with Gasteiger partial charge in [0.05, 0.1) is 0 Å². The third-order valence-corrected chi connectivity index (χ3v) is 3.91. The molecule has 0 saturated carbocycles. The van der Waals surface area contributed by atoms with E-state index < -0.39 is 0 Å². The van der Waals surface area contributed by atoms with Crippen molar-refractivity contribution in [3.8, 4) is 0 Å². The van der Waals surface area contributed by atoms with Crippen LogP contribution in [0.3, 0.4) is 0 Å². The molecule has 0 bridgehead atoms. The van der Waals surface area contributed by atoms with Gasteiger partial charge in [-0.05, 0) is 27.9 Å². The van der Waals surface area contributed by atoms with E-state index in [9.17, 15) is 0 Å². The molecule has 1 aromatic carbocycles. The largest absolute Gasteiger partial charge is 0.144 e. The molecule has 0 radical (unpaired) electrons. The first kappa shape index (κ1) is 9.86. The Balaban J connectivity index is 2.54. The monoisotopic (exact) mass is 226 g/mol. The minimum Gasteiger partial charge on any atom is -0.144 e. The first-order chi connectivity index (χ1) is 7.66. The van der Waals surface area contributed by atoms with Crippen molar-refractivity contribution < 1.29 is 0 Å². The third-order valence-electron chi connectivity index (χ3n) is 3.03. The Kier molecular flexibility index (Phi) is 2.05. The summed E-state index contributed by atoms with van der Waals surface area (Å²) in [4.78, 5) is 0. The minimum absolute atomic E-state index is 0.144. The van der Waals surface area contributed by atoms with E-state index in [1.807, 2.05) is 10.9 Å². The summed E-state index contributed by atoms with van der Waals surface area (Å²) in [6.45, 7) is 4.48. The van der Waals surface area contributed by atoms with Crippen LogP contribution in [0.2, 0.25) is 0 Å². The predicted octanol–water partition coefficient (Wildman–Crippen LogP) is 1.42. The quantitative estimate of drug-likeness (QED) is 0.587. The van der Waals surface area contributed by atoms with E-state index in [4.69, 9.17) is 0 Å². The van der Waals surface area contributed by atoms with E-state index in [0.29, 0.717) is 0 Å². The van der Waals surface area contributed by atoms with Gasteiger partial charge in [-0.25, -0.2) is 0 Å². The summed E-state index contributed by atoms with van der Waals surface area (Å²) in [7, 11) is 1.81. The van der Waals surface area contributed by atoms with E-state index in [0.717, 1.165) is 0 Å². The van der Waals surface area contributed by atoms with Crippen LogP contribution in [0.15, 0.2) is 24.3 Å². The summed E-state index contributed by atoms with van der Waals surface area (Å²) < 4.78 is 1.37. The maximum absolute atomic E-state index is 2.35. The van der Waals surface area contributed by atoms with Gasteiger partial charge in [0.25, 0.3) is 0 Å². The van der Waals surface area contributed by atoms with E-state index in [1.54, 1.807) is 0 Å². The summed E-state index contributed by atoms with van der Waals surface area (Å²) in [5.41, 5.74) is 0.144. The maximum atomic E-state index is 2.35. The molecule has 0 aromatic heterocycles. The van der Waals surface area contributed by atoms with E-state index in [1.165, 1.54) is 20.2 Å². The smallest absolute Gasteiger partial charge is 0.0349 e. The third kappa shape index (κ3) is 1.52. The van der Waals surface area contributed by atoms with Crippen molar-refractivity contribution in [1.82, 2.24) is 0 Å². The molecule has 0 spiro atoms. The molecule has 1 heteroatoms. The molecule has 0 saturated heterocycles. The molecule has 0 nitrogen and oxygen atoms in total. The Morgan fingerprint density at radius 3 is 2.81 bits per heavy atom. The second kappa shape index (κ2) is 3.33. The fraction of sp³-hybridized carbons (Fsp3) is 0.200. The Morgan fingerprint density at radius 2 is 1.94 bits per heavy atom. The topological polar surface area (TPSA) is 0 Å². The molecule has 0 atom stereocenters. The van der Waals surface area contributed by atoms with Gasteiger partial charge in [-0.15, -0.1) is 10.9 Å². The highest BCUT2D eigenvalue weighted by Gasteiger charge is 2.10. The van der Waals surface area contributed by atoms with Crippen molar-refractivity contribution in [2.45, 2.75) is 13.8 Å². The number of hydrogen-bond acceptors (Lipinski definition) is 0. The van der Waals surface area contributed by atoms with Gasteiger partial charge in [0.2, 0.25) is 0 Å². The number of benzene rings is 1. The Morgan fingerprint density at radius 1 is 1.06 bits per heavy atom. The fourth-order valence-electron chi connectivity index (χ4n) is 2.24. The van der Waals surface area contributed by atoms with Crippen LogP contribution in [0.5, 0.6) is 0 Å². The fourth-order valence-corrected chi connectivity index (χ4v) is 3.04. The van der Waals surface area contributed by atoms with Crippen molar-refractivity contribution in [3.63, 3.8) is 0 Å². The van der Waals surface area contributed by atoms with Gasteiger partial charge < -0.3 is 0 Å². The van der Waals surface area contributed by atoms with Crippen LogP contribution in [-0.2, 0) is 0 Å². The van der Waals surface area contributed by atoms with Gasteiger partial charge in [-0.2, -0.15) is 0 Å². The molecule has 0 unspecified atom stereocenters. The van der Waals surface area contributed by atoms with Crippen LogP contribution in [0.25, 0.3) is 18.2 Å². The van der Waals surface area contributed by atoms with Crippen LogP contribution in [0.4, 0.5) is 0 Å². The first-order valence-electron chi connectivity index (χ1n) is 5.54. The normalized spacial score (nSPS) is 18.9. The molecule has 16 heavy (non-hydrogen) atoms. The van der Waals surface area contributed by atoms with Crippen molar-refractivity contribution in [2.75, 3.05) is 0 Å². The second-order valence-corrected chi connectivity index (χ2v) is 5.84. The lowest BCUT2D eigenvalue weighted by molar-refractivity contribution is 0.670. The number of allylic oxidation sites excluding steroid dienone is 2. The number of hydrogen-bond donors (Lipinski definition) is 0. The van der Waals surface area contributed by atoms with Gasteiger partial charge >= 0.3 is 0 Å². The highest BCUT2D eigenvalue weighted by atomic mass is 32.1. The Labute approximate surface area is 98.5 Å². The van der Waals surface area contributed by atoms with E-state index in [-0.39, 0.29) is 5.41 Å². The van der Waals surface area contributed by atoms with Gasteiger partial charge in [0.1, 0.15) is 0 Å². The SMILES string of the molecule is CC1(C)C=CC=c2c(ccc3c2=CC=S=3)=C1. The van der Waals surface area contributed by atoms with Crippen LogP contribution in [0, 0.1) is 9.93 Å². The molecule has 1 aliphatic carbocycles. The zero-order valence-electron chi connectivity index (χ0n) is 9.53. The van der Waals surface area contributed by atoms with Gasteiger partial charge in [0.15, 0.2) is 0 Å². The van der Waals surface area contributed by atoms with Gasteiger partial charge in [-0.3, -0.25) is 0 Å².